The lowest BCUT2D eigenvalue weighted by Crippen LogP contribution is -2.18. The van der Waals surface area contributed by atoms with Gasteiger partial charge in [-0.05, 0) is 24.3 Å². The molecule has 2 N–H and O–H groups in total. The van der Waals surface area contributed by atoms with Gasteiger partial charge in [0.15, 0.2) is 0 Å². The van der Waals surface area contributed by atoms with Crippen LogP contribution in [0.15, 0.2) is 36.7 Å². The van der Waals surface area contributed by atoms with Crippen molar-refractivity contribution < 1.29 is 4.74 Å². The van der Waals surface area contributed by atoms with E-state index in [0.717, 1.165) is 11.3 Å². The summed E-state index contributed by atoms with van der Waals surface area (Å²) in [7, 11) is 1.86. The Balaban J connectivity index is 2.12. The van der Waals surface area contributed by atoms with E-state index in [1.807, 2.05) is 25.4 Å². The first-order chi connectivity index (χ1) is 8.19. The van der Waals surface area contributed by atoms with E-state index in [9.17, 15) is 0 Å². The predicted molar refractivity (Wildman–Crippen MR) is 67.1 cm³/mol. The molecule has 0 aliphatic carbocycles. The topological polar surface area (TPSA) is 53.1 Å². The Kier molecular flexibility index (Phi) is 3.66. The van der Waals surface area contributed by atoms with Gasteiger partial charge in [0.05, 0.1) is 6.20 Å². The number of aromatic nitrogens is 2. The number of aryl methyl sites for hydroxylation is 1. The van der Waals surface area contributed by atoms with Gasteiger partial charge < -0.3 is 10.5 Å². The fourth-order valence-corrected chi connectivity index (χ4v) is 1.66. The molecule has 1 aromatic heterocycles. The number of halogens is 1. The van der Waals surface area contributed by atoms with Crippen LogP contribution in [0.5, 0.6) is 5.75 Å². The summed E-state index contributed by atoms with van der Waals surface area (Å²) in [6.45, 7) is 0.397. The smallest absolute Gasteiger partial charge is 0.139 e. The number of ether oxygens (including phenoxy) is 1. The van der Waals surface area contributed by atoms with Crippen molar-refractivity contribution in [1.82, 2.24) is 9.78 Å². The number of nitrogens with zero attached hydrogens (tertiary/aromatic N) is 2. The van der Waals surface area contributed by atoms with Gasteiger partial charge in [0, 0.05) is 30.4 Å². The number of nitrogens with two attached hydrogens (primary N) is 1. The fourth-order valence-electron chi connectivity index (χ4n) is 1.54. The lowest BCUT2D eigenvalue weighted by molar-refractivity contribution is 0.214. The Labute approximate surface area is 105 Å². The highest BCUT2D eigenvalue weighted by Gasteiger charge is 2.13. The molecule has 0 fully saturated rings. The van der Waals surface area contributed by atoms with Crippen LogP contribution in [-0.2, 0) is 7.05 Å². The van der Waals surface area contributed by atoms with Crippen molar-refractivity contribution in [2.45, 2.75) is 6.10 Å². The van der Waals surface area contributed by atoms with Crippen molar-refractivity contribution in [1.29, 1.82) is 0 Å². The Morgan fingerprint density at radius 2 is 2.12 bits per heavy atom. The largest absolute Gasteiger partial charge is 0.484 e. The Morgan fingerprint density at radius 3 is 2.65 bits per heavy atom. The molecule has 90 valence electrons. The molecule has 0 aliphatic heterocycles. The molecule has 4 nitrogen and oxygen atoms in total. The van der Waals surface area contributed by atoms with Crippen LogP contribution in [0.1, 0.15) is 11.7 Å². The third kappa shape index (κ3) is 2.99. The zero-order valence-electron chi connectivity index (χ0n) is 9.51. The van der Waals surface area contributed by atoms with E-state index < -0.39 is 0 Å². The average Bonchev–Trinajstić information content (AvgIpc) is 2.75. The number of hydrogen-bond acceptors (Lipinski definition) is 3. The third-order valence-corrected chi connectivity index (χ3v) is 2.65. The van der Waals surface area contributed by atoms with Gasteiger partial charge in [-0.2, -0.15) is 5.10 Å². The monoisotopic (exact) mass is 251 g/mol. The maximum atomic E-state index is 5.81. The molecule has 0 saturated carbocycles. The maximum Gasteiger partial charge on any atom is 0.139 e. The van der Waals surface area contributed by atoms with E-state index in [1.165, 1.54) is 0 Å². The van der Waals surface area contributed by atoms with Gasteiger partial charge in [0.25, 0.3) is 0 Å². The molecule has 5 heteroatoms. The van der Waals surface area contributed by atoms with Crippen LogP contribution in [-0.4, -0.2) is 16.3 Å². The molecule has 1 aromatic carbocycles. The molecule has 2 aromatic rings. The molecule has 17 heavy (non-hydrogen) atoms. The minimum Gasteiger partial charge on any atom is -0.484 e. The van der Waals surface area contributed by atoms with Gasteiger partial charge in [-0.3, -0.25) is 4.68 Å². The Bertz CT molecular complexity index is 481. The van der Waals surface area contributed by atoms with E-state index >= 15 is 0 Å². The SMILES string of the molecule is Cn1cc(C(CN)Oc2ccc(Cl)cc2)cn1. The molecule has 0 bridgehead atoms. The summed E-state index contributed by atoms with van der Waals surface area (Å²) in [4.78, 5) is 0. The minimum atomic E-state index is -0.190. The summed E-state index contributed by atoms with van der Waals surface area (Å²) in [6.07, 6.45) is 3.46. The lowest BCUT2D eigenvalue weighted by atomic mass is 10.2. The molecule has 0 amide bonds. The highest BCUT2D eigenvalue weighted by atomic mass is 35.5. The van der Waals surface area contributed by atoms with Crippen LogP contribution in [0.4, 0.5) is 0 Å². The highest BCUT2D eigenvalue weighted by molar-refractivity contribution is 6.30. The molecular formula is C12H14ClN3O. The second-order valence-corrected chi connectivity index (χ2v) is 4.18. The molecule has 1 unspecified atom stereocenters. The normalized spacial score (nSPS) is 12.4. The van der Waals surface area contributed by atoms with Gasteiger partial charge >= 0.3 is 0 Å². The molecule has 0 radical (unpaired) electrons. The van der Waals surface area contributed by atoms with Gasteiger partial charge in [-0.25, -0.2) is 0 Å². The molecule has 1 atom stereocenters. The zero-order chi connectivity index (χ0) is 12.3. The molecule has 2 rings (SSSR count). The van der Waals surface area contributed by atoms with Crippen LogP contribution >= 0.6 is 11.6 Å². The molecular weight excluding hydrogens is 238 g/mol. The fraction of sp³-hybridized carbons (Fsp3) is 0.250. The number of rotatable bonds is 4. The zero-order valence-corrected chi connectivity index (χ0v) is 10.3. The Hall–Kier alpha value is -1.52. The first-order valence-corrected chi connectivity index (χ1v) is 5.67. The van der Waals surface area contributed by atoms with E-state index in [-0.39, 0.29) is 6.10 Å². The molecule has 1 heterocycles. The van der Waals surface area contributed by atoms with Crippen LogP contribution in [0.25, 0.3) is 0 Å². The van der Waals surface area contributed by atoms with Gasteiger partial charge in [-0.1, -0.05) is 11.6 Å². The summed E-state index contributed by atoms with van der Waals surface area (Å²) >= 11 is 5.81. The van der Waals surface area contributed by atoms with E-state index in [0.29, 0.717) is 11.6 Å². The van der Waals surface area contributed by atoms with E-state index in [4.69, 9.17) is 22.1 Å². The summed E-state index contributed by atoms with van der Waals surface area (Å²) in [5, 5.41) is 4.78. The van der Waals surface area contributed by atoms with Gasteiger partial charge in [0.1, 0.15) is 11.9 Å². The van der Waals surface area contributed by atoms with Crippen molar-refractivity contribution in [2.24, 2.45) is 12.8 Å². The van der Waals surface area contributed by atoms with Gasteiger partial charge in [0.2, 0.25) is 0 Å². The van der Waals surface area contributed by atoms with Crippen LogP contribution in [0, 0.1) is 0 Å². The predicted octanol–water partition coefficient (Wildman–Crippen LogP) is 2.15. The first-order valence-electron chi connectivity index (χ1n) is 5.30. The summed E-state index contributed by atoms with van der Waals surface area (Å²) in [6, 6.07) is 7.21. The second kappa shape index (κ2) is 5.21. The quantitative estimate of drug-likeness (QED) is 0.906. The number of benzene rings is 1. The molecule has 0 saturated heterocycles. The van der Waals surface area contributed by atoms with Crippen LogP contribution in [0.2, 0.25) is 5.02 Å². The number of hydrogen-bond donors (Lipinski definition) is 1. The van der Waals surface area contributed by atoms with Crippen LogP contribution < -0.4 is 10.5 Å². The summed E-state index contributed by atoms with van der Waals surface area (Å²) < 4.78 is 7.51. The van der Waals surface area contributed by atoms with Crippen molar-refractivity contribution in [3.05, 3.63) is 47.2 Å². The summed E-state index contributed by atoms with van der Waals surface area (Å²) in [5.41, 5.74) is 6.67. The lowest BCUT2D eigenvalue weighted by Gasteiger charge is -2.15. The maximum absolute atomic E-state index is 5.81. The third-order valence-electron chi connectivity index (χ3n) is 2.40. The van der Waals surface area contributed by atoms with E-state index in [2.05, 4.69) is 5.10 Å². The van der Waals surface area contributed by atoms with Crippen molar-refractivity contribution in [3.63, 3.8) is 0 Å². The van der Waals surface area contributed by atoms with Gasteiger partial charge in [-0.15, -0.1) is 0 Å². The standard InChI is InChI=1S/C12H14ClN3O/c1-16-8-9(7-15-16)12(6-14)17-11-4-2-10(13)3-5-11/h2-5,7-8,12H,6,14H2,1H3. The van der Waals surface area contributed by atoms with Crippen LogP contribution in [0.3, 0.4) is 0 Å². The average molecular weight is 252 g/mol. The minimum absolute atomic E-state index is 0.190. The first kappa shape index (κ1) is 12.0. The molecule has 0 aliphatic rings. The Morgan fingerprint density at radius 1 is 1.41 bits per heavy atom. The van der Waals surface area contributed by atoms with Crippen molar-refractivity contribution in [2.75, 3.05) is 6.54 Å². The highest BCUT2D eigenvalue weighted by Crippen LogP contribution is 2.22. The summed E-state index contributed by atoms with van der Waals surface area (Å²) in [5.74, 6) is 0.744. The molecule has 0 spiro atoms. The van der Waals surface area contributed by atoms with Crippen molar-refractivity contribution in [3.8, 4) is 5.75 Å². The van der Waals surface area contributed by atoms with Crippen molar-refractivity contribution >= 4 is 11.6 Å². The second-order valence-electron chi connectivity index (χ2n) is 3.74. The van der Waals surface area contributed by atoms with E-state index in [1.54, 1.807) is 23.0 Å².